The molecule has 8 heteroatoms. The fraction of sp³-hybridized carbons (Fsp3) is 0.211. The first-order valence-electron chi connectivity index (χ1n) is 8.12. The Bertz CT molecular complexity index is 1090. The Labute approximate surface area is 162 Å². The molecule has 2 aromatic carbocycles. The molecule has 0 aliphatic heterocycles. The second-order valence-electron chi connectivity index (χ2n) is 5.87. The van der Waals surface area contributed by atoms with Gasteiger partial charge in [-0.2, -0.15) is 0 Å². The van der Waals surface area contributed by atoms with Crippen LogP contribution in [0, 0.1) is 0 Å². The number of esters is 1. The van der Waals surface area contributed by atoms with Gasteiger partial charge in [-0.3, -0.25) is 4.79 Å². The van der Waals surface area contributed by atoms with E-state index in [4.69, 9.17) is 16.3 Å². The summed E-state index contributed by atoms with van der Waals surface area (Å²) in [5, 5.41) is 1.16. The maximum Gasteiger partial charge on any atom is 0.305 e. The van der Waals surface area contributed by atoms with Crippen molar-refractivity contribution in [3.05, 3.63) is 59.2 Å². The molecule has 27 heavy (non-hydrogen) atoms. The zero-order chi connectivity index (χ0) is 19.6. The van der Waals surface area contributed by atoms with E-state index in [2.05, 4.69) is 4.74 Å². The van der Waals surface area contributed by atoms with E-state index in [0.717, 1.165) is 0 Å². The van der Waals surface area contributed by atoms with E-state index in [-0.39, 0.29) is 17.3 Å². The highest BCUT2D eigenvalue weighted by molar-refractivity contribution is 7.90. The quantitative estimate of drug-likeness (QED) is 0.583. The Kier molecular flexibility index (Phi) is 5.43. The van der Waals surface area contributed by atoms with Gasteiger partial charge in [0.2, 0.25) is 0 Å². The molecule has 6 nitrogen and oxygen atoms in total. The fourth-order valence-corrected chi connectivity index (χ4v) is 4.35. The summed E-state index contributed by atoms with van der Waals surface area (Å²) in [5.41, 5.74) is 1.22. The summed E-state index contributed by atoms with van der Waals surface area (Å²) in [4.78, 5) is 11.6. The molecule has 0 fully saturated rings. The lowest BCUT2D eigenvalue weighted by molar-refractivity contribution is -0.140. The van der Waals surface area contributed by atoms with Crippen molar-refractivity contribution in [2.24, 2.45) is 0 Å². The van der Waals surface area contributed by atoms with Crippen LogP contribution in [0.5, 0.6) is 5.75 Å². The van der Waals surface area contributed by atoms with Crippen molar-refractivity contribution in [2.45, 2.75) is 17.7 Å². The maximum atomic E-state index is 13.1. The molecule has 0 spiro atoms. The molecule has 0 saturated heterocycles. The molecular formula is C19H18ClNO5S. The van der Waals surface area contributed by atoms with Crippen LogP contribution in [0.15, 0.2) is 53.6 Å². The normalized spacial score (nSPS) is 11.5. The van der Waals surface area contributed by atoms with Crippen molar-refractivity contribution in [1.29, 1.82) is 0 Å². The molecule has 1 aromatic heterocycles. The standard InChI is InChI=1S/C19H18ClNO5S/c1-25-15-6-9-18-17(11-15)13(3-10-19(22)26-2)12-21(18)27(23,24)16-7-4-14(20)5-8-16/h4-9,11-12H,3,10H2,1-2H3. The number of fused-ring (bicyclic) bond motifs is 1. The summed E-state index contributed by atoms with van der Waals surface area (Å²) >= 11 is 5.87. The minimum absolute atomic E-state index is 0.124. The monoisotopic (exact) mass is 407 g/mol. The largest absolute Gasteiger partial charge is 0.497 e. The molecule has 0 unspecified atom stereocenters. The first-order chi connectivity index (χ1) is 12.9. The number of benzene rings is 2. The first kappa shape index (κ1) is 19.3. The van der Waals surface area contributed by atoms with Crippen molar-refractivity contribution in [3.63, 3.8) is 0 Å². The molecule has 0 bridgehead atoms. The number of rotatable bonds is 6. The number of hydrogen-bond acceptors (Lipinski definition) is 5. The molecule has 0 saturated carbocycles. The Morgan fingerprint density at radius 1 is 1.11 bits per heavy atom. The van der Waals surface area contributed by atoms with Crippen LogP contribution in [0.2, 0.25) is 5.02 Å². The molecule has 0 amide bonds. The molecule has 0 atom stereocenters. The van der Waals surface area contributed by atoms with Crippen LogP contribution in [0.4, 0.5) is 0 Å². The summed E-state index contributed by atoms with van der Waals surface area (Å²) in [6, 6.07) is 11.1. The molecule has 0 N–H and O–H groups in total. The van der Waals surface area contributed by atoms with Crippen LogP contribution in [-0.4, -0.2) is 32.6 Å². The second kappa shape index (κ2) is 7.62. The summed E-state index contributed by atoms with van der Waals surface area (Å²) in [6.07, 6.45) is 2.03. The highest BCUT2D eigenvalue weighted by atomic mass is 35.5. The van der Waals surface area contributed by atoms with Gasteiger partial charge in [0.25, 0.3) is 10.0 Å². The molecule has 0 radical (unpaired) electrons. The third-order valence-electron chi connectivity index (χ3n) is 4.26. The third-order valence-corrected chi connectivity index (χ3v) is 6.20. The van der Waals surface area contributed by atoms with Crippen LogP contribution in [-0.2, 0) is 26.0 Å². The SMILES string of the molecule is COC(=O)CCc1cn(S(=O)(=O)c2ccc(Cl)cc2)c2ccc(OC)cc12. The second-order valence-corrected chi connectivity index (χ2v) is 8.12. The summed E-state index contributed by atoms with van der Waals surface area (Å²) in [6.45, 7) is 0. The maximum absolute atomic E-state index is 13.1. The Morgan fingerprint density at radius 3 is 2.44 bits per heavy atom. The van der Waals surface area contributed by atoms with Gasteiger partial charge in [0.05, 0.1) is 24.6 Å². The number of aryl methyl sites for hydroxylation is 1. The lowest BCUT2D eigenvalue weighted by atomic mass is 10.1. The van der Waals surface area contributed by atoms with Crippen LogP contribution < -0.4 is 4.74 Å². The smallest absolute Gasteiger partial charge is 0.305 e. The van der Waals surface area contributed by atoms with E-state index < -0.39 is 10.0 Å². The Morgan fingerprint density at radius 2 is 1.81 bits per heavy atom. The van der Waals surface area contributed by atoms with Crippen molar-refractivity contribution in [3.8, 4) is 5.75 Å². The van der Waals surface area contributed by atoms with Crippen molar-refractivity contribution in [2.75, 3.05) is 14.2 Å². The number of ether oxygens (including phenoxy) is 2. The van der Waals surface area contributed by atoms with Gasteiger partial charge < -0.3 is 9.47 Å². The summed E-state index contributed by atoms with van der Waals surface area (Å²) in [7, 11) is -0.967. The number of aromatic nitrogens is 1. The highest BCUT2D eigenvalue weighted by Crippen LogP contribution is 2.30. The molecular weight excluding hydrogens is 390 g/mol. The van der Waals surface area contributed by atoms with Crippen LogP contribution in [0.3, 0.4) is 0 Å². The Balaban J connectivity index is 2.15. The molecule has 0 aliphatic carbocycles. The van der Waals surface area contributed by atoms with Gasteiger partial charge in [-0.1, -0.05) is 11.6 Å². The lowest BCUT2D eigenvalue weighted by Crippen LogP contribution is -2.11. The van der Waals surface area contributed by atoms with Gasteiger partial charge in [-0.25, -0.2) is 12.4 Å². The summed E-state index contributed by atoms with van der Waals surface area (Å²) < 4.78 is 37.4. The van der Waals surface area contributed by atoms with Gasteiger partial charge in [0.1, 0.15) is 5.75 Å². The zero-order valence-corrected chi connectivity index (χ0v) is 16.4. The van der Waals surface area contributed by atoms with Crippen molar-refractivity contribution in [1.82, 2.24) is 3.97 Å². The van der Waals surface area contributed by atoms with E-state index in [0.29, 0.717) is 33.7 Å². The first-order valence-corrected chi connectivity index (χ1v) is 9.94. The Hall–Kier alpha value is -2.51. The molecule has 142 valence electrons. The molecule has 0 aliphatic rings. The minimum atomic E-state index is -3.82. The fourth-order valence-electron chi connectivity index (χ4n) is 2.83. The number of halogens is 1. The third kappa shape index (κ3) is 3.79. The average molecular weight is 408 g/mol. The van der Waals surface area contributed by atoms with Gasteiger partial charge >= 0.3 is 5.97 Å². The molecule has 3 aromatic rings. The highest BCUT2D eigenvalue weighted by Gasteiger charge is 2.22. The minimum Gasteiger partial charge on any atom is -0.497 e. The van der Waals surface area contributed by atoms with Crippen molar-refractivity contribution >= 4 is 38.5 Å². The van der Waals surface area contributed by atoms with Crippen molar-refractivity contribution < 1.29 is 22.7 Å². The van der Waals surface area contributed by atoms with Gasteiger partial charge in [-0.15, -0.1) is 0 Å². The topological polar surface area (TPSA) is 74.6 Å². The number of carbonyl (C=O) groups is 1. The average Bonchev–Trinajstić information content (AvgIpc) is 3.05. The van der Waals surface area contributed by atoms with E-state index in [9.17, 15) is 13.2 Å². The zero-order valence-electron chi connectivity index (χ0n) is 14.8. The number of nitrogens with zero attached hydrogens (tertiary/aromatic N) is 1. The van der Waals surface area contributed by atoms with Crippen LogP contribution in [0.1, 0.15) is 12.0 Å². The number of carbonyl (C=O) groups excluding carboxylic acids is 1. The van der Waals surface area contributed by atoms with E-state index >= 15 is 0 Å². The van der Waals surface area contributed by atoms with E-state index in [1.807, 2.05) is 0 Å². The number of methoxy groups -OCH3 is 2. The number of hydrogen-bond donors (Lipinski definition) is 0. The van der Waals surface area contributed by atoms with Crippen LogP contribution >= 0.6 is 11.6 Å². The van der Waals surface area contributed by atoms with Gasteiger partial charge in [-0.05, 0) is 54.4 Å². The lowest BCUT2D eigenvalue weighted by Gasteiger charge is -2.08. The molecule has 3 rings (SSSR count). The van der Waals surface area contributed by atoms with Gasteiger partial charge in [0, 0.05) is 23.0 Å². The van der Waals surface area contributed by atoms with Crippen LogP contribution in [0.25, 0.3) is 10.9 Å². The predicted octanol–water partition coefficient (Wildman–Crippen LogP) is 3.65. The van der Waals surface area contributed by atoms with E-state index in [1.165, 1.54) is 48.7 Å². The summed E-state index contributed by atoms with van der Waals surface area (Å²) in [5.74, 6) is 0.239. The van der Waals surface area contributed by atoms with E-state index in [1.54, 1.807) is 18.2 Å². The predicted molar refractivity (Wildman–Crippen MR) is 103 cm³/mol. The van der Waals surface area contributed by atoms with Gasteiger partial charge in [0.15, 0.2) is 0 Å². The molecule has 1 heterocycles.